The molecule has 0 aromatic heterocycles. The Bertz CT molecular complexity index is 811. The normalized spacial score (nSPS) is 22.5. The van der Waals surface area contributed by atoms with Crippen molar-refractivity contribution in [2.75, 3.05) is 13.7 Å². The molecule has 1 aromatic carbocycles. The minimum atomic E-state index is -4.95. The summed E-state index contributed by atoms with van der Waals surface area (Å²) in [6, 6.07) is 1.10. The highest BCUT2D eigenvalue weighted by Gasteiger charge is 2.52. The lowest BCUT2D eigenvalue weighted by molar-refractivity contribution is -0.136. The maximum absolute atomic E-state index is 12.4. The van der Waals surface area contributed by atoms with Gasteiger partial charge in [-0.1, -0.05) is 6.07 Å². The van der Waals surface area contributed by atoms with Gasteiger partial charge in [-0.25, -0.2) is 10.3 Å². The van der Waals surface area contributed by atoms with E-state index < -0.39 is 34.4 Å². The number of urea groups is 1. The molecular formula is C12H13N3O8S. The number of amides is 3. The third kappa shape index (κ3) is 2.65. The lowest BCUT2D eigenvalue weighted by Crippen LogP contribution is -2.43. The molecule has 2 aliphatic rings. The van der Waals surface area contributed by atoms with E-state index in [9.17, 15) is 23.1 Å². The number of phenols is 1. The number of carbonyl (C=O) groups excluding carboxylic acids is 2. The van der Waals surface area contributed by atoms with E-state index in [4.69, 9.17) is 4.55 Å². The van der Waals surface area contributed by atoms with Gasteiger partial charge in [-0.05, 0) is 23.3 Å². The van der Waals surface area contributed by atoms with Gasteiger partial charge in [0, 0.05) is 0 Å². The minimum absolute atomic E-state index is 0.0768. The zero-order valence-corrected chi connectivity index (χ0v) is 13.1. The Kier molecular flexibility index (Phi) is 3.83. The second-order valence-corrected chi connectivity index (χ2v) is 6.17. The Labute approximate surface area is 136 Å². The number of fused-ring (bicyclic) bond motifs is 4. The molecule has 0 unspecified atom stereocenters. The summed E-state index contributed by atoms with van der Waals surface area (Å²) in [5, 5.41) is 10.1. The molecule has 3 amide bonds. The Hall–Kier alpha value is -2.41. The lowest BCUT2D eigenvalue weighted by Gasteiger charge is -2.31. The van der Waals surface area contributed by atoms with Crippen molar-refractivity contribution in [1.29, 1.82) is 0 Å². The van der Waals surface area contributed by atoms with Crippen LogP contribution >= 0.6 is 0 Å². The Morgan fingerprint density at radius 2 is 2.08 bits per heavy atom. The molecule has 0 spiro atoms. The van der Waals surface area contributed by atoms with Gasteiger partial charge in [-0.15, -0.1) is 4.28 Å². The highest BCUT2D eigenvalue weighted by molar-refractivity contribution is 7.80. The van der Waals surface area contributed by atoms with Crippen LogP contribution in [0.4, 0.5) is 4.79 Å². The molecule has 12 heteroatoms. The number of hydrogen-bond donors (Lipinski definition) is 3. The molecule has 1 fully saturated rings. The molecule has 130 valence electrons. The maximum Gasteiger partial charge on any atom is 0.418 e. The summed E-state index contributed by atoms with van der Waals surface area (Å²) in [7, 11) is -3.73. The van der Waals surface area contributed by atoms with E-state index in [-0.39, 0.29) is 12.3 Å². The Morgan fingerprint density at radius 1 is 1.38 bits per heavy atom. The number of hydroxylamine groups is 3. The fraction of sp³-hybridized carbons (Fsp3) is 0.333. The summed E-state index contributed by atoms with van der Waals surface area (Å²) in [5.41, 5.74) is 2.80. The first-order chi connectivity index (χ1) is 11.2. The molecule has 0 radical (unpaired) electrons. The fourth-order valence-electron chi connectivity index (χ4n) is 2.93. The van der Waals surface area contributed by atoms with Crippen LogP contribution in [0.2, 0.25) is 0 Å². The van der Waals surface area contributed by atoms with E-state index in [0.29, 0.717) is 16.2 Å². The first-order valence-electron chi connectivity index (χ1n) is 6.65. The summed E-state index contributed by atoms with van der Waals surface area (Å²) >= 11 is 0. The maximum atomic E-state index is 12.4. The molecule has 2 heterocycles. The zero-order chi connectivity index (χ0) is 17.6. The number of phenolic OH excluding ortho intramolecular Hbond substituents is 1. The Balaban J connectivity index is 2.10. The van der Waals surface area contributed by atoms with Gasteiger partial charge in [0.2, 0.25) is 0 Å². The van der Waals surface area contributed by atoms with Gasteiger partial charge in [0.15, 0.2) is 0 Å². The molecule has 24 heavy (non-hydrogen) atoms. The van der Waals surface area contributed by atoms with Crippen LogP contribution in [0.25, 0.3) is 0 Å². The molecule has 11 nitrogen and oxygen atoms in total. The van der Waals surface area contributed by atoms with Gasteiger partial charge in [-0.2, -0.15) is 13.5 Å². The highest BCUT2D eigenvalue weighted by atomic mass is 32.3. The highest BCUT2D eigenvalue weighted by Crippen LogP contribution is 2.45. The second-order valence-electron chi connectivity index (χ2n) is 5.16. The van der Waals surface area contributed by atoms with E-state index in [1.54, 1.807) is 0 Å². The van der Waals surface area contributed by atoms with Crippen molar-refractivity contribution in [3.8, 4) is 5.75 Å². The minimum Gasteiger partial charge on any atom is -0.508 e. The molecule has 1 aromatic rings. The van der Waals surface area contributed by atoms with E-state index in [1.165, 1.54) is 25.3 Å². The van der Waals surface area contributed by atoms with Gasteiger partial charge in [0.05, 0.1) is 13.7 Å². The standard InChI is InChI=1S/C12H13N3O8S/c1-22-13-11(17)10-7-3-2-6(16)4-8(7)9-5-14(10)12(18)15(9)23-24(19,20)21/h2-4,9-10,16H,5H2,1H3,(H,13,17)(H,19,20,21)/t9-,10-/m1/s1. The summed E-state index contributed by atoms with van der Waals surface area (Å²) in [6.45, 7) is -0.0768. The Morgan fingerprint density at radius 3 is 2.71 bits per heavy atom. The largest absolute Gasteiger partial charge is 0.508 e. The van der Waals surface area contributed by atoms with Crippen LogP contribution in [0, 0.1) is 0 Å². The second kappa shape index (κ2) is 5.59. The van der Waals surface area contributed by atoms with E-state index in [0.717, 1.165) is 4.90 Å². The molecular weight excluding hydrogens is 346 g/mol. The molecule has 0 aliphatic carbocycles. The number of hydrogen-bond acceptors (Lipinski definition) is 7. The molecule has 2 atom stereocenters. The topological polar surface area (TPSA) is 146 Å². The number of nitrogens with zero attached hydrogens (tertiary/aromatic N) is 2. The van der Waals surface area contributed by atoms with E-state index in [1.807, 2.05) is 0 Å². The number of benzene rings is 1. The monoisotopic (exact) mass is 359 g/mol. The SMILES string of the molecule is CONC(=O)[C@H]1c2ccc(O)cc2[C@H]2CN1C(=O)N2OS(=O)(=O)O. The summed E-state index contributed by atoms with van der Waals surface area (Å²) in [6.07, 6.45) is 0. The van der Waals surface area contributed by atoms with Crippen molar-refractivity contribution in [3.63, 3.8) is 0 Å². The molecule has 2 aliphatic heterocycles. The molecule has 3 rings (SSSR count). The van der Waals surface area contributed by atoms with Crippen molar-refractivity contribution < 1.29 is 36.8 Å². The van der Waals surface area contributed by atoms with Gasteiger partial charge >= 0.3 is 16.4 Å². The summed E-state index contributed by atoms with van der Waals surface area (Å²) in [5.74, 6) is -0.802. The van der Waals surface area contributed by atoms with E-state index in [2.05, 4.69) is 14.6 Å². The van der Waals surface area contributed by atoms with Crippen LogP contribution in [0.3, 0.4) is 0 Å². The molecule has 2 bridgehead atoms. The van der Waals surface area contributed by atoms with Gasteiger partial charge in [0.1, 0.15) is 17.8 Å². The smallest absolute Gasteiger partial charge is 0.418 e. The summed E-state index contributed by atoms with van der Waals surface area (Å²) < 4.78 is 35.2. The predicted molar refractivity (Wildman–Crippen MR) is 75.3 cm³/mol. The zero-order valence-electron chi connectivity index (χ0n) is 12.2. The van der Waals surface area contributed by atoms with Crippen LogP contribution in [-0.4, -0.2) is 53.6 Å². The molecule has 0 saturated carbocycles. The van der Waals surface area contributed by atoms with Gasteiger partial charge in [-0.3, -0.25) is 14.2 Å². The van der Waals surface area contributed by atoms with Crippen molar-refractivity contribution in [3.05, 3.63) is 29.3 Å². The number of rotatable bonds is 4. The number of nitrogens with one attached hydrogen (secondary N) is 1. The predicted octanol–water partition coefficient (Wildman–Crippen LogP) is -0.362. The van der Waals surface area contributed by atoms with Crippen LogP contribution in [0.15, 0.2) is 18.2 Å². The average Bonchev–Trinajstić information content (AvgIpc) is 2.74. The molecule has 3 N–H and O–H groups in total. The lowest BCUT2D eigenvalue weighted by atomic mass is 9.90. The third-order valence-corrected chi connectivity index (χ3v) is 4.10. The summed E-state index contributed by atoms with van der Waals surface area (Å²) in [4.78, 5) is 30.3. The van der Waals surface area contributed by atoms with Gasteiger partial charge in [0.25, 0.3) is 5.91 Å². The number of carbonyl (C=O) groups is 2. The van der Waals surface area contributed by atoms with Crippen LogP contribution in [0.1, 0.15) is 23.2 Å². The van der Waals surface area contributed by atoms with E-state index >= 15 is 0 Å². The third-order valence-electron chi connectivity index (χ3n) is 3.75. The average molecular weight is 359 g/mol. The van der Waals surface area contributed by atoms with Crippen molar-refractivity contribution in [2.24, 2.45) is 0 Å². The van der Waals surface area contributed by atoms with Crippen LogP contribution in [0.5, 0.6) is 5.75 Å². The van der Waals surface area contributed by atoms with Crippen LogP contribution in [-0.2, 0) is 24.3 Å². The van der Waals surface area contributed by atoms with Crippen LogP contribution < -0.4 is 5.48 Å². The van der Waals surface area contributed by atoms with Crippen molar-refractivity contribution in [2.45, 2.75) is 12.1 Å². The number of aromatic hydroxyl groups is 1. The van der Waals surface area contributed by atoms with Crippen molar-refractivity contribution in [1.82, 2.24) is 15.4 Å². The van der Waals surface area contributed by atoms with Crippen molar-refractivity contribution >= 4 is 22.3 Å². The van der Waals surface area contributed by atoms with Gasteiger partial charge < -0.3 is 10.0 Å². The first kappa shape index (κ1) is 16.4. The fourth-order valence-corrected chi connectivity index (χ4v) is 3.30. The quantitative estimate of drug-likeness (QED) is 0.488. The molecule has 1 saturated heterocycles. The first-order valence-corrected chi connectivity index (χ1v) is 8.02.